The fraction of sp³-hybridized carbons (Fsp3) is 0.167. The molecule has 0 aliphatic carbocycles. The van der Waals surface area contributed by atoms with Crippen LogP contribution in [0.5, 0.6) is 0 Å². The zero-order valence-electron chi connectivity index (χ0n) is 10.1. The fourth-order valence-corrected chi connectivity index (χ4v) is 2.30. The average molecular weight is 320 g/mol. The molecular weight excluding hydrogens is 310 g/mol. The van der Waals surface area contributed by atoms with Crippen molar-refractivity contribution in [2.24, 2.45) is 7.05 Å². The first-order valence-electron chi connectivity index (χ1n) is 5.64. The van der Waals surface area contributed by atoms with Crippen LogP contribution in [0, 0.1) is 0 Å². The van der Waals surface area contributed by atoms with Gasteiger partial charge in [-0.3, -0.25) is 9.13 Å². The lowest BCUT2D eigenvalue weighted by molar-refractivity contribution is 0.710. The second-order valence-corrected chi connectivity index (χ2v) is 5.05. The molecule has 0 saturated carbocycles. The summed E-state index contributed by atoms with van der Waals surface area (Å²) in [6.07, 6.45) is 3.28. The maximum absolute atomic E-state index is 12.2. The van der Waals surface area contributed by atoms with E-state index in [2.05, 4.69) is 31.1 Å². The van der Waals surface area contributed by atoms with E-state index in [4.69, 9.17) is 0 Å². The van der Waals surface area contributed by atoms with Crippen molar-refractivity contribution in [3.63, 3.8) is 0 Å². The number of fused-ring (bicyclic) bond motifs is 1. The molecule has 0 atom stereocenters. The Morgan fingerprint density at radius 2 is 2.26 bits per heavy atom. The van der Waals surface area contributed by atoms with Gasteiger partial charge in [0.15, 0.2) is 5.65 Å². The number of nitrogens with zero attached hydrogens (tertiary/aromatic N) is 5. The summed E-state index contributed by atoms with van der Waals surface area (Å²) in [4.78, 5) is 16.5. The number of hydrogen-bond acceptors (Lipinski definition) is 4. The Hall–Kier alpha value is -2.02. The third kappa shape index (κ3) is 2.06. The molecule has 0 spiro atoms. The highest BCUT2D eigenvalue weighted by Gasteiger charge is 2.12. The van der Waals surface area contributed by atoms with E-state index < -0.39 is 0 Å². The van der Waals surface area contributed by atoms with Crippen molar-refractivity contribution in [2.75, 3.05) is 0 Å². The van der Waals surface area contributed by atoms with Gasteiger partial charge in [-0.2, -0.15) is 10.2 Å². The van der Waals surface area contributed by atoms with Crippen molar-refractivity contribution in [2.45, 2.75) is 6.54 Å². The minimum atomic E-state index is -0.119. The van der Waals surface area contributed by atoms with Crippen LogP contribution in [-0.4, -0.2) is 24.3 Å². The highest BCUT2D eigenvalue weighted by Crippen LogP contribution is 2.16. The van der Waals surface area contributed by atoms with Gasteiger partial charge >= 0.3 is 5.69 Å². The van der Waals surface area contributed by atoms with E-state index in [1.54, 1.807) is 30.1 Å². The number of rotatable bonds is 2. The molecule has 19 heavy (non-hydrogen) atoms. The van der Waals surface area contributed by atoms with Crippen LogP contribution in [0.3, 0.4) is 0 Å². The summed E-state index contributed by atoms with van der Waals surface area (Å²) in [6, 6.07) is 5.51. The van der Waals surface area contributed by atoms with Gasteiger partial charge in [0.2, 0.25) is 0 Å². The Balaban J connectivity index is 2.20. The molecule has 0 amide bonds. The SMILES string of the molecule is Cn1c(=O)n(Cc2cccnn2)c2cc(Br)cnc21. The fourth-order valence-electron chi connectivity index (χ4n) is 1.99. The van der Waals surface area contributed by atoms with Crippen LogP contribution < -0.4 is 5.69 Å². The van der Waals surface area contributed by atoms with Crippen molar-refractivity contribution < 1.29 is 0 Å². The van der Waals surface area contributed by atoms with Crippen molar-refractivity contribution in [3.8, 4) is 0 Å². The van der Waals surface area contributed by atoms with E-state index in [-0.39, 0.29) is 5.69 Å². The molecule has 0 aliphatic heterocycles. The Kier molecular flexibility index (Phi) is 2.90. The smallest absolute Gasteiger partial charge is 0.284 e. The minimum absolute atomic E-state index is 0.119. The van der Waals surface area contributed by atoms with Crippen LogP contribution in [0.25, 0.3) is 11.2 Å². The highest BCUT2D eigenvalue weighted by molar-refractivity contribution is 9.10. The van der Waals surface area contributed by atoms with E-state index in [1.807, 2.05) is 12.1 Å². The molecule has 0 unspecified atom stereocenters. The topological polar surface area (TPSA) is 65.6 Å². The van der Waals surface area contributed by atoms with Crippen LogP contribution in [0.1, 0.15) is 5.69 Å². The van der Waals surface area contributed by atoms with Crippen LogP contribution in [0.2, 0.25) is 0 Å². The van der Waals surface area contributed by atoms with Gasteiger partial charge in [-0.1, -0.05) is 0 Å². The van der Waals surface area contributed by atoms with Gasteiger partial charge in [0.25, 0.3) is 0 Å². The second kappa shape index (κ2) is 4.58. The second-order valence-electron chi connectivity index (χ2n) is 4.14. The van der Waals surface area contributed by atoms with Gasteiger partial charge < -0.3 is 0 Å². The van der Waals surface area contributed by atoms with Crippen molar-refractivity contribution >= 4 is 27.1 Å². The summed E-state index contributed by atoms with van der Waals surface area (Å²) < 4.78 is 3.99. The lowest BCUT2D eigenvalue weighted by Crippen LogP contribution is -2.23. The molecule has 0 saturated heterocycles. The number of aryl methyl sites for hydroxylation is 1. The van der Waals surface area contributed by atoms with Crippen LogP contribution in [-0.2, 0) is 13.6 Å². The zero-order valence-corrected chi connectivity index (χ0v) is 11.7. The van der Waals surface area contributed by atoms with E-state index in [0.29, 0.717) is 12.2 Å². The summed E-state index contributed by atoms with van der Waals surface area (Å²) in [6.45, 7) is 0.377. The van der Waals surface area contributed by atoms with Crippen LogP contribution in [0.15, 0.2) is 39.9 Å². The lowest BCUT2D eigenvalue weighted by atomic mass is 10.3. The molecule has 0 aliphatic rings. The Morgan fingerprint density at radius 3 is 3.00 bits per heavy atom. The lowest BCUT2D eigenvalue weighted by Gasteiger charge is -2.01. The van der Waals surface area contributed by atoms with E-state index in [0.717, 1.165) is 15.7 Å². The average Bonchev–Trinajstić information content (AvgIpc) is 2.65. The molecule has 0 fully saturated rings. The molecule has 96 valence electrons. The van der Waals surface area contributed by atoms with Gasteiger partial charge in [0.05, 0.1) is 17.8 Å². The monoisotopic (exact) mass is 319 g/mol. The van der Waals surface area contributed by atoms with Crippen molar-refractivity contribution in [1.82, 2.24) is 24.3 Å². The van der Waals surface area contributed by atoms with Gasteiger partial charge in [-0.05, 0) is 34.1 Å². The first-order valence-corrected chi connectivity index (χ1v) is 6.43. The van der Waals surface area contributed by atoms with Crippen molar-refractivity contribution in [1.29, 1.82) is 0 Å². The minimum Gasteiger partial charge on any atom is -0.284 e. The third-order valence-corrected chi connectivity index (χ3v) is 3.32. The largest absolute Gasteiger partial charge is 0.330 e. The van der Waals surface area contributed by atoms with Crippen molar-refractivity contribution in [3.05, 3.63) is 51.2 Å². The van der Waals surface area contributed by atoms with Crippen LogP contribution >= 0.6 is 15.9 Å². The predicted molar refractivity (Wildman–Crippen MR) is 73.8 cm³/mol. The van der Waals surface area contributed by atoms with Gasteiger partial charge in [-0.15, -0.1) is 0 Å². The standard InChI is InChI=1S/C12H10BrN5O/c1-17-11-10(5-8(13)6-14-11)18(12(17)19)7-9-3-2-4-15-16-9/h2-6H,7H2,1H3. The molecule has 0 bridgehead atoms. The molecule has 3 aromatic rings. The van der Waals surface area contributed by atoms with E-state index >= 15 is 0 Å². The normalized spacial score (nSPS) is 11.1. The first-order chi connectivity index (χ1) is 9.16. The van der Waals surface area contributed by atoms with Gasteiger partial charge in [-0.25, -0.2) is 9.78 Å². The quantitative estimate of drug-likeness (QED) is 0.715. The molecular formula is C12H10BrN5O. The Labute approximate surface area is 116 Å². The summed E-state index contributed by atoms with van der Waals surface area (Å²) >= 11 is 3.37. The summed E-state index contributed by atoms with van der Waals surface area (Å²) in [5.74, 6) is 0. The molecule has 0 radical (unpaired) electrons. The van der Waals surface area contributed by atoms with E-state index in [1.165, 1.54) is 4.57 Å². The first kappa shape index (κ1) is 12.0. The maximum Gasteiger partial charge on any atom is 0.330 e. The van der Waals surface area contributed by atoms with Gasteiger partial charge in [0, 0.05) is 23.9 Å². The maximum atomic E-state index is 12.2. The molecule has 0 aromatic carbocycles. The molecule has 3 heterocycles. The molecule has 7 heteroatoms. The van der Waals surface area contributed by atoms with Crippen LogP contribution in [0.4, 0.5) is 0 Å². The predicted octanol–water partition coefficient (Wildman–Crippen LogP) is 1.34. The summed E-state index contributed by atoms with van der Waals surface area (Å²) in [5.41, 5.74) is 2.04. The molecule has 3 aromatic heterocycles. The molecule has 0 N–H and O–H groups in total. The number of halogens is 1. The molecule has 6 nitrogen and oxygen atoms in total. The Morgan fingerprint density at radius 1 is 1.42 bits per heavy atom. The zero-order chi connectivity index (χ0) is 13.4. The number of imidazole rings is 1. The number of hydrogen-bond donors (Lipinski definition) is 0. The number of aromatic nitrogens is 5. The third-order valence-electron chi connectivity index (χ3n) is 2.89. The Bertz CT molecular complexity index is 793. The highest BCUT2D eigenvalue weighted by atomic mass is 79.9. The molecule has 3 rings (SSSR count). The van der Waals surface area contributed by atoms with Gasteiger partial charge in [0.1, 0.15) is 0 Å². The summed E-state index contributed by atoms with van der Waals surface area (Å²) in [5, 5.41) is 7.82. The van der Waals surface area contributed by atoms with E-state index in [9.17, 15) is 4.79 Å². The number of pyridine rings is 1. The summed E-state index contributed by atoms with van der Waals surface area (Å²) in [7, 11) is 1.71.